The molecule has 0 aromatic heterocycles. The molecule has 4 nitrogen and oxygen atoms in total. The van der Waals surface area contributed by atoms with Gasteiger partial charge >= 0.3 is 5.97 Å². The van der Waals surface area contributed by atoms with E-state index in [9.17, 15) is 4.79 Å². The SMILES string of the molecule is CO/N=C(/CC(=O)OC)c1ccccc1CCl. The molecule has 1 aromatic carbocycles. The maximum Gasteiger partial charge on any atom is 0.311 e. The minimum Gasteiger partial charge on any atom is -0.469 e. The minimum atomic E-state index is -0.370. The van der Waals surface area contributed by atoms with E-state index in [2.05, 4.69) is 9.89 Å². The van der Waals surface area contributed by atoms with Crippen molar-refractivity contribution in [2.45, 2.75) is 12.3 Å². The van der Waals surface area contributed by atoms with Crippen molar-refractivity contribution >= 4 is 23.3 Å². The third-order valence-corrected chi connectivity index (χ3v) is 2.50. The van der Waals surface area contributed by atoms with E-state index in [4.69, 9.17) is 16.4 Å². The average Bonchev–Trinajstić information content (AvgIpc) is 2.38. The van der Waals surface area contributed by atoms with Gasteiger partial charge in [0.15, 0.2) is 0 Å². The number of rotatable bonds is 5. The topological polar surface area (TPSA) is 47.9 Å². The van der Waals surface area contributed by atoms with Crippen molar-refractivity contribution < 1.29 is 14.4 Å². The van der Waals surface area contributed by atoms with Gasteiger partial charge in [0.05, 0.1) is 19.2 Å². The number of oxime groups is 1. The molecule has 0 aliphatic carbocycles. The van der Waals surface area contributed by atoms with Crippen LogP contribution < -0.4 is 0 Å². The summed E-state index contributed by atoms with van der Waals surface area (Å²) in [6.45, 7) is 0. The summed E-state index contributed by atoms with van der Waals surface area (Å²) >= 11 is 5.83. The molecule has 0 aliphatic heterocycles. The first-order valence-corrected chi connectivity index (χ1v) is 5.57. The van der Waals surface area contributed by atoms with E-state index in [0.717, 1.165) is 11.1 Å². The van der Waals surface area contributed by atoms with Gasteiger partial charge in [-0.25, -0.2) is 0 Å². The van der Waals surface area contributed by atoms with Crippen LogP contribution in [0.5, 0.6) is 0 Å². The standard InChI is InChI=1S/C12H14ClNO3/c1-16-12(15)7-11(14-17-2)10-6-4-3-5-9(10)8-13/h3-6H,7-8H2,1-2H3/b14-11-. The van der Waals surface area contributed by atoms with Crippen molar-refractivity contribution in [2.75, 3.05) is 14.2 Å². The van der Waals surface area contributed by atoms with Gasteiger partial charge in [0.25, 0.3) is 0 Å². The second kappa shape index (κ2) is 6.91. The van der Waals surface area contributed by atoms with E-state index in [-0.39, 0.29) is 12.4 Å². The fourth-order valence-electron chi connectivity index (χ4n) is 1.41. The molecule has 0 aliphatic rings. The zero-order valence-electron chi connectivity index (χ0n) is 9.77. The molecule has 0 amide bonds. The number of halogens is 1. The van der Waals surface area contributed by atoms with E-state index < -0.39 is 0 Å². The number of carbonyl (C=O) groups excluding carboxylic acids is 1. The van der Waals surface area contributed by atoms with Crippen molar-refractivity contribution in [2.24, 2.45) is 5.16 Å². The monoisotopic (exact) mass is 255 g/mol. The predicted molar refractivity (Wildman–Crippen MR) is 66.2 cm³/mol. The first-order valence-electron chi connectivity index (χ1n) is 5.04. The third kappa shape index (κ3) is 3.75. The highest BCUT2D eigenvalue weighted by Crippen LogP contribution is 2.15. The van der Waals surface area contributed by atoms with Gasteiger partial charge in [-0.1, -0.05) is 29.4 Å². The Labute approximate surface area is 105 Å². The highest BCUT2D eigenvalue weighted by molar-refractivity contribution is 6.18. The zero-order chi connectivity index (χ0) is 12.7. The summed E-state index contributed by atoms with van der Waals surface area (Å²) in [4.78, 5) is 16.0. The summed E-state index contributed by atoms with van der Waals surface area (Å²) in [7, 11) is 2.76. The van der Waals surface area contributed by atoms with Crippen molar-refractivity contribution in [3.8, 4) is 0 Å². The van der Waals surface area contributed by atoms with Crippen LogP contribution in [0.1, 0.15) is 17.5 Å². The van der Waals surface area contributed by atoms with Crippen LogP contribution >= 0.6 is 11.6 Å². The van der Waals surface area contributed by atoms with Gasteiger partial charge < -0.3 is 9.57 Å². The molecule has 17 heavy (non-hydrogen) atoms. The van der Waals surface area contributed by atoms with Crippen molar-refractivity contribution in [1.29, 1.82) is 0 Å². The van der Waals surface area contributed by atoms with Crippen LogP contribution in [0.15, 0.2) is 29.4 Å². The number of esters is 1. The summed E-state index contributed by atoms with van der Waals surface area (Å²) in [5, 5.41) is 3.85. The maximum atomic E-state index is 11.3. The van der Waals surface area contributed by atoms with E-state index in [0.29, 0.717) is 11.6 Å². The molecule has 0 spiro atoms. The summed E-state index contributed by atoms with van der Waals surface area (Å²) in [6.07, 6.45) is 0.0538. The molecule has 0 heterocycles. The fourth-order valence-corrected chi connectivity index (χ4v) is 1.65. The van der Waals surface area contributed by atoms with Crippen LogP contribution in [0.3, 0.4) is 0 Å². The molecule has 0 radical (unpaired) electrons. The van der Waals surface area contributed by atoms with Crippen LogP contribution in [0, 0.1) is 0 Å². The zero-order valence-corrected chi connectivity index (χ0v) is 10.5. The highest BCUT2D eigenvalue weighted by atomic mass is 35.5. The lowest BCUT2D eigenvalue weighted by Gasteiger charge is -2.08. The van der Waals surface area contributed by atoms with Crippen molar-refractivity contribution in [3.05, 3.63) is 35.4 Å². The first kappa shape index (κ1) is 13.5. The van der Waals surface area contributed by atoms with E-state index in [1.54, 1.807) is 0 Å². The van der Waals surface area contributed by atoms with Gasteiger partial charge in [0, 0.05) is 11.4 Å². The van der Waals surface area contributed by atoms with Crippen LogP contribution in [0.25, 0.3) is 0 Å². The van der Waals surface area contributed by atoms with Gasteiger partial charge in [0.1, 0.15) is 7.11 Å². The number of ether oxygens (including phenoxy) is 1. The molecule has 0 N–H and O–H groups in total. The molecular formula is C12H14ClNO3. The Hall–Kier alpha value is -1.55. The van der Waals surface area contributed by atoms with Crippen LogP contribution in [-0.4, -0.2) is 25.9 Å². The summed E-state index contributed by atoms with van der Waals surface area (Å²) < 4.78 is 4.61. The van der Waals surface area contributed by atoms with Crippen LogP contribution in [-0.2, 0) is 20.2 Å². The lowest BCUT2D eigenvalue weighted by Crippen LogP contribution is -2.12. The van der Waals surface area contributed by atoms with Crippen molar-refractivity contribution in [3.63, 3.8) is 0 Å². The quantitative estimate of drug-likeness (QED) is 0.351. The van der Waals surface area contributed by atoms with Gasteiger partial charge in [-0.15, -0.1) is 11.6 Å². The lowest BCUT2D eigenvalue weighted by atomic mass is 10.0. The molecule has 0 saturated heterocycles. The Morgan fingerprint density at radius 2 is 2.06 bits per heavy atom. The van der Waals surface area contributed by atoms with E-state index in [1.165, 1.54) is 14.2 Å². The first-order chi connectivity index (χ1) is 8.22. The summed E-state index contributed by atoms with van der Waals surface area (Å²) in [6, 6.07) is 7.46. The van der Waals surface area contributed by atoms with E-state index >= 15 is 0 Å². The van der Waals surface area contributed by atoms with Crippen LogP contribution in [0.4, 0.5) is 0 Å². The molecule has 0 fully saturated rings. The highest BCUT2D eigenvalue weighted by Gasteiger charge is 2.14. The van der Waals surface area contributed by atoms with Crippen molar-refractivity contribution in [1.82, 2.24) is 0 Å². The number of hydrogen-bond acceptors (Lipinski definition) is 4. The molecule has 0 bridgehead atoms. The second-order valence-electron chi connectivity index (χ2n) is 3.26. The van der Waals surface area contributed by atoms with Gasteiger partial charge in [-0.2, -0.15) is 0 Å². The molecule has 1 aromatic rings. The Morgan fingerprint density at radius 3 is 2.65 bits per heavy atom. The molecule has 5 heteroatoms. The second-order valence-corrected chi connectivity index (χ2v) is 3.53. The van der Waals surface area contributed by atoms with Gasteiger partial charge in [0.2, 0.25) is 0 Å². The predicted octanol–water partition coefficient (Wildman–Crippen LogP) is 2.34. The Kier molecular flexibility index (Phi) is 5.49. The minimum absolute atomic E-state index is 0.0538. The molecule has 0 atom stereocenters. The smallest absolute Gasteiger partial charge is 0.311 e. The average molecular weight is 256 g/mol. The number of hydrogen-bond donors (Lipinski definition) is 0. The largest absolute Gasteiger partial charge is 0.469 e. The Morgan fingerprint density at radius 1 is 1.35 bits per heavy atom. The molecule has 92 valence electrons. The van der Waals surface area contributed by atoms with E-state index in [1.807, 2.05) is 24.3 Å². The third-order valence-electron chi connectivity index (χ3n) is 2.21. The van der Waals surface area contributed by atoms with Gasteiger partial charge in [-0.3, -0.25) is 4.79 Å². The summed E-state index contributed by atoms with van der Waals surface area (Å²) in [5.41, 5.74) is 2.21. The molecule has 0 unspecified atom stereocenters. The molecule has 1 rings (SSSR count). The Balaban J connectivity index is 3.05. The number of carbonyl (C=O) groups is 1. The van der Waals surface area contributed by atoms with Crippen LogP contribution in [0.2, 0.25) is 0 Å². The molecular weight excluding hydrogens is 242 g/mol. The van der Waals surface area contributed by atoms with Gasteiger partial charge in [-0.05, 0) is 5.56 Å². The summed E-state index contributed by atoms with van der Waals surface area (Å²) in [5.74, 6) is -0.0229. The number of benzene rings is 1. The molecule has 0 saturated carbocycles. The number of alkyl halides is 1. The normalized spacial score (nSPS) is 11.1. The maximum absolute atomic E-state index is 11.3. The number of nitrogens with zero attached hydrogens (tertiary/aromatic N) is 1. The lowest BCUT2D eigenvalue weighted by molar-refractivity contribution is -0.139. The Bertz CT molecular complexity index is 418. The fraction of sp³-hybridized carbons (Fsp3) is 0.333. The number of methoxy groups -OCH3 is 1.